The fourth-order valence-electron chi connectivity index (χ4n) is 4.22. The van der Waals surface area contributed by atoms with E-state index < -0.39 is 24.1 Å². The molecule has 2 saturated heterocycles. The first kappa shape index (κ1) is 16.7. The van der Waals surface area contributed by atoms with Crippen molar-refractivity contribution < 1.29 is 17.6 Å². The molecule has 2 bridgehead atoms. The molecule has 1 aromatic rings. The average Bonchev–Trinajstić information content (AvgIpc) is 3.37. The van der Waals surface area contributed by atoms with Crippen molar-refractivity contribution in [3.63, 3.8) is 0 Å². The van der Waals surface area contributed by atoms with E-state index in [2.05, 4.69) is 15.0 Å². The minimum absolute atomic E-state index is 0.00114. The van der Waals surface area contributed by atoms with Crippen molar-refractivity contribution >= 4 is 29.2 Å². The third kappa shape index (κ3) is 2.76. The summed E-state index contributed by atoms with van der Waals surface area (Å²) in [5.41, 5.74) is 0.723. The number of nitrogens with zero attached hydrogens (tertiary/aromatic N) is 2. The molecule has 3 aliphatic heterocycles. The van der Waals surface area contributed by atoms with Gasteiger partial charge >= 0.3 is 6.18 Å². The van der Waals surface area contributed by atoms with Crippen LogP contribution in [0.2, 0.25) is 0 Å². The van der Waals surface area contributed by atoms with Gasteiger partial charge < -0.3 is 14.9 Å². The van der Waals surface area contributed by atoms with Crippen LogP contribution in [-0.2, 0) is 0 Å². The quantitative estimate of drug-likeness (QED) is 0.600. The molecule has 2 N–H and O–H groups in total. The van der Waals surface area contributed by atoms with Gasteiger partial charge in [0.1, 0.15) is 23.4 Å². The molecule has 4 aliphatic rings. The Balaban J connectivity index is 1.62. The lowest BCUT2D eigenvalue weighted by Gasteiger charge is -2.43. The number of alkyl halides is 3. The van der Waals surface area contributed by atoms with Crippen molar-refractivity contribution in [1.82, 2.24) is 10.0 Å². The fourth-order valence-corrected chi connectivity index (χ4v) is 5.06. The predicted molar refractivity (Wildman–Crippen MR) is 92.3 cm³/mol. The average molecular weight is 386 g/mol. The minimum atomic E-state index is -4.39. The Bertz CT molecular complexity index is 777. The summed E-state index contributed by atoms with van der Waals surface area (Å²) < 4.78 is 58.9. The van der Waals surface area contributed by atoms with Gasteiger partial charge in [0, 0.05) is 24.5 Å². The Hall–Kier alpha value is -1.48. The molecule has 5 rings (SSSR count). The number of piperazine rings is 1. The zero-order valence-corrected chi connectivity index (χ0v) is 14.6. The first-order chi connectivity index (χ1) is 12.4. The van der Waals surface area contributed by atoms with Gasteiger partial charge in [0.15, 0.2) is 0 Å². The van der Waals surface area contributed by atoms with Crippen LogP contribution in [0.1, 0.15) is 25.7 Å². The summed E-state index contributed by atoms with van der Waals surface area (Å²) in [4.78, 5) is 6.47. The zero-order valence-electron chi connectivity index (χ0n) is 13.8. The van der Waals surface area contributed by atoms with Crippen LogP contribution >= 0.6 is 11.9 Å². The van der Waals surface area contributed by atoms with Gasteiger partial charge in [-0.1, -0.05) is 0 Å². The lowest BCUT2D eigenvalue weighted by atomic mass is 10.0. The summed E-state index contributed by atoms with van der Waals surface area (Å²) in [5, 5.41) is 3.07. The maximum Gasteiger partial charge on any atom is 0.410 e. The molecular weight excluding hydrogens is 368 g/mol. The molecule has 3 atom stereocenters. The van der Waals surface area contributed by atoms with Crippen molar-refractivity contribution in [3.05, 3.63) is 17.9 Å². The molecule has 26 heavy (non-hydrogen) atoms. The van der Waals surface area contributed by atoms with E-state index in [-0.39, 0.29) is 18.3 Å². The van der Waals surface area contributed by atoms with Crippen molar-refractivity contribution in [3.8, 4) is 0 Å². The van der Waals surface area contributed by atoms with Crippen LogP contribution in [-0.4, -0.2) is 36.7 Å². The zero-order chi connectivity index (χ0) is 18.1. The molecule has 3 unspecified atom stereocenters. The smallest absolute Gasteiger partial charge is 0.355 e. The number of hydrogen-bond donors (Lipinski definition) is 2. The summed E-state index contributed by atoms with van der Waals surface area (Å²) in [6.07, 6.45) is -1.15. The number of aliphatic imine (C=N–C) groups is 1. The van der Waals surface area contributed by atoms with Crippen molar-refractivity contribution in [2.45, 2.75) is 54.9 Å². The number of nitrogens with one attached hydrogen (secondary N) is 2. The van der Waals surface area contributed by atoms with Gasteiger partial charge in [0.05, 0.1) is 10.6 Å². The number of hydrogen-bond acceptors (Lipinski definition) is 5. The topological polar surface area (TPSA) is 39.7 Å². The molecule has 0 radical (unpaired) electrons. The van der Waals surface area contributed by atoms with Crippen LogP contribution in [0.15, 0.2) is 22.0 Å². The second kappa shape index (κ2) is 5.76. The lowest BCUT2D eigenvalue weighted by molar-refractivity contribution is -0.156. The number of halogens is 4. The number of fused-ring (bicyclic) bond motifs is 3. The standard InChI is InChI=1S/C17H18F4N4S/c18-9-5-12(14-13(6-9)26-24-16(23-14)8-1-2-8)25-7-10-3-4-11(22-10)15(25)17(19,20)21/h5-6,8,10-11,15,22H,1-4,7H2,(H,23,24). The van der Waals surface area contributed by atoms with E-state index in [0.717, 1.165) is 18.7 Å². The molecule has 4 nitrogen and oxygen atoms in total. The Labute approximate surface area is 152 Å². The number of rotatable bonds is 2. The van der Waals surface area contributed by atoms with E-state index in [1.165, 1.54) is 29.0 Å². The van der Waals surface area contributed by atoms with Crippen LogP contribution in [0.4, 0.5) is 28.9 Å². The van der Waals surface area contributed by atoms with Gasteiger partial charge in [-0.2, -0.15) is 13.2 Å². The van der Waals surface area contributed by atoms with Crippen LogP contribution in [0.5, 0.6) is 0 Å². The largest absolute Gasteiger partial charge is 0.410 e. The van der Waals surface area contributed by atoms with E-state index in [1.807, 2.05) is 0 Å². The van der Waals surface area contributed by atoms with Crippen molar-refractivity contribution in [1.29, 1.82) is 0 Å². The molecule has 1 aromatic carbocycles. The van der Waals surface area contributed by atoms with E-state index in [9.17, 15) is 17.6 Å². The van der Waals surface area contributed by atoms with E-state index in [4.69, 9.17) is 0 Å². The maximum absolute atomic E-state index is 14.2. The number of amidine groups is 1. The van der Waals surface area contributed by atoms with Gasteiger partial charge in [0.2, 0.25) is 0 Å². The Kier molecular flexibility index (Phi) is 3.69. The molecule has 9 heteroatoms. The van der Waals surface area contributed by atoms with Gasteiger partial charge in [0.25, 0.3) is 0 Å². The molecule has 3 fully saturated rings. The normalized spacial score (nSPS) is 30.7. The molecule has 140 valence electrons. The Morgan fingerprint density at radius 2 is 1.96 bits per heavy atom. The first-order valence-electron chi connectivity index (χ1n) is 8.84. The fraction of sp³-hybridized carbons (Fsp3) is 0.588. The first-order valence-corrected chi connectivity index (χ1v) is 9.66. The van der Waals surface area contributed by atoms with E-state index in [0.29, 0.717) is 29.3 Å². The maximum atomic E-state index is 14.2. The van der Waals surface area contributed by atoms with Gasteiger partial charge in [-0.3, -0.25) is 0 Å². The predicted octanol–water partition coefficient (Wildman–Crippen LogP) is 3.75. The summed E-state index contributed by atoms with van der Waals surface area (Å²) in [7, 11) is 0. The van der Waals surface area contributed by atoms with Gasteiger partial charge in [-0.25, -0.2) is 9.38 Å². The lowest BCUT2D eigenvalue weighted by Crippen LogP contribution is -2.63. The Morgan fingerprint density at radius 1 is 1.15 bits per heavy atom. The van der Waals surface area contributed by atoms with Crippen molar-refractivity contribution in [2.75, 3.05) is 11.4 Å². The number of anilines is 1. The third-order valence-corrected chi connectivity index (χ3v) is 6.38. The van der Waals surface area contributed by atoms with E-state index in [1.54, 1.807) is 0 Å². The Morgan fingerprint density at radius 3 is 2.69 bits per heavy atom. The molecule has 3 heterocycles. The summed E-state index contributed by atoms with van der Waals surface area (Å²) in [5.74, 6) is 0.591. The molecular formula is C17H18F4N4S. The van der Waals surface area contributed by atoms with Crippen molar-refractivity contribution in [2.24, 2.45) is 10.9 Å². The highest BCUT2D eigenvalue weighted by molar-refractivity contribution is 7.98. The minimum Gasteiger partial charge on any atom is -0.355 e. The highest BCUT2D eigenvalue weighted by Gasteiger charge is 2.54. The van der Waals surface area contributed by atoms with Crippen LogP contribution in [0.3, 0.4) is 0 Å². The van der Waals surface area contributed by atoms with Gasteiger partial charge in [-0.15, -0.1) is 0 Å². The summed E-state index contributed by atoms with van der Waals surface area (Å²) in [6, 6.07) is 0.227. The van der Waals surface area contributed by atoms with Crippen LogP contribution in [0.25, 0.3) is 0 Å². The second-order valence-electron chi connectivity index (χ2n) is 7.43. The molecule has 0 aromatic heterocycles. The SMILES string of the molecule is Fc1cc2c(c(N3CC4CCC(N4)C3C(F)(F)F)c1)N=C(C1CC1)NS2. The molecule has 0 spiro atoms. The third-order valence-electron chi connectivity index (χ3n) is 5.54. The molecule has 1 aliphatic carbocycles. The highest BCUT2D eigenvalue weighted by atomic mass is 32.2. The summed E-state index contributed by atoms with van der Waals surface area (Å²) in [6.45, 7) is 0.211. The number of benzene rings is 1. The summed E-state index contributed by atoms with van der Waals surface area (Å²) >= 11 is 1.24. The monoisotopic (exact) mass is 386 g/mol. The van der Waals surface area contributed by atoms with Gasteiger partial charge in [-0.05, 0) is 49.8 Å². The van der Waals surface area contributed by atoms with Crippen LogP contribution < -0.4 is 14.9 Å². The molecule has 0 amide bonds. The van der Waals surface area contributed by atoms with Crippen LogP contribution in [0, 0.1) is 11.7 Å². The highest BCUT2D eigenvalue weighted by Crippen LogP contribution is 2.47. The second-order valence-corrected chi connectivity index (χ2v) is 8.28. The molecule has 1 saturated carbocycles. The van der Waals surface area contributed by atoms with E-state index >= 15 is 0 Å².